The molecular weight excluding hydrogens is 194 g/mol. The van der Waals surface area contributed by atoms with E-state index >= 15 is 0 Å². The summed E-state index contributed by atoms with van der Waals surface area (Å²) in [5.74, 6) is 0.174. The van der Waals surface area contributed by atoms with Gasteiger partial charge in [-0.3, -0.25) is 9.59 Å². The third-order valence-electron chi connectivity index (χ3n) is 3.15. The number of nitrogens with one attached hydrogen (secondary N) is 1. The van der Waals surface area contributed by atoms with Gasteiger partial charge >= 0.3 is 0 Å². The van der Waals surface area contributed by atoms with Gasteiger partial charge in [0.05, 0.1) is 5.92 Å². The number of amides is 2. The Bertz CT molecular complexity index is 270. The van der Waals surface area contributed by atoms with Gasteiger partial charge in [0.2, 0.25) is 11.8 Å². The molecule has 5 nitrogen and oxygen atoms in total. The molecule has 0 radical (unpaired) electrons. The number of hydrogen-bond acceptors (Lipinski definition) is 3. The van der Waals surface area contributed by atoms with Gasteiger partial charge in [0.1, 0.15) is 0 Å². The molecule has 2 atom stereocenters. The van der Waals surface area contributed by atoms with Crippen LogP contribution in [0.2, 0.25) is 0 Å². The Kier molecular flexibility index (Phi) is 2.90. The molecule has 0 aromatic heterocycles. The maximum atomic E-state index is 12.0. The van der Waals surface area contributed by atoms with Gasteiger partial charge in [-0.05, 0) is 12.8 Å². The van der Waals surface area contributed by atoms with E-state index in [-0.39, 0.29) is 23.8 Å². The molecule has 1 unspecified atom stereocenters. The van der Waals surface area contributed by atoms with Crippen LogP contribution >= 0.6 is 0 Å². The van der Waals surface area contributed by atoms with Crippen molar-refractivity contribution < 1.29 is 9.59 Å². The minimum atomic E-state index is -0.0343. The Labute approximate surface area is 89.0 Å². The predicted octanol–water partition coefficient (Wildman–Crippen LogP) is -0.928. The molecule has 0 aromatic carbocycles. The predicted molar refractivity (Wildman–Crippen MR) is 54.9 cm³/mol. The fraction of sp³-hybridized carbons (Fsp3) is 0.800. The van der Waals surface area contributed by atoms with Crippen LogP contribution in [0, 0.1) is 5.92 Å². The second-order valence-corrected chi connectivity index (χ2v) is 4.37. The smallest absolute Gasteiger partial charge is 0.227 e. The van der Waals surface area contributed by atoms with Crippen LogP contribution in [-0.4, -0.2) is 42.4 Å². The molecule has 0 aliphatic carbocycles. The van der Waals surface area contributed by atoms with E-state index in [2.05, 4.69) is 5.32 Å². The number of hydrogen-bond donors (Lipinski definition) is 2. The van der Waals surface area contributed by atoms with Gasteiger partial charge in [0.15, 0.2) is 0 Å². The zero-order valence-electron chi connectivity index (χ0n) is 8.74. The Hall–Kier alpha value is -1.10. The number of rotatable bonds is 1. The number of likely N-dealkylation sites (tertiary alicyclic amines) is 1. The summed E-state index contributed by atoms with van der Waals surface area (Å²) in [5, 5.41) is 2.73. The maximum Gasteiger partial charge on any atom is 0.227 e. The van der Waals surface area contributed by atoms with Crippen molar-refractivity contribution in [2.75, 3.05) is 19.6 Å². The highest BCUT2D eigenvalue weighted by Crippen LogP contribution is 2.17. The molecule has 0 spiro atoms. The Morgan fingerprint density at radius 3 is 2.80 bits per heavy atom. The lowest BCUT2D eigenvalue weighted by atomic mass is 9.98. The van der Waals surface area contributed by atoms with Crippen molar-refractivity contribution in [3.8, 4) is 0 Å². The number of nitrogens with zero attached hydrogens (tertiary/aromatic N) is 1. The van der Waals surface area contributed by atoms with Crippen LogP contribution in [0.5, 0.6) is 0 Å². The summed E-state index contributed by atoms with van der Waals surface area (Å²) >= 11 is 0. The van der Waals surface area contributed by atoms with E-state index in [1.54, 1.807) is 0 Å². The standard InChI is InChI=1S/C10H17N3O2/c11-8-3-4-13(6-8)10(15)7-1-2-9(14)12-5-7/h7-8H,1-6,11H2,(H,12,14)/t7?,8-/m0/s1. The lowest BCUT2D eigenvalue weighted by Crippen LogP contribution is -2.44. The highest BCUT2D eigenvalue weighted by atomic mass is 16.2. The molecular formula is C10H17N3O2. The first kappa shape index (κ1) is 10.4. The molecule has 2 saturated heterocycles. The van der Waals surface area contributed by atoms with E-state index in [9.17, 15) is 9.59 Å². The van der Waals surface area contributed by atoms with Crippen LogP contribution in [-0.2, 0) is 9.59 Å². The van der Waals surface area contributed by atoms with Gasteiger partial charge in [-0.1, -0.05) is 0 Å². The quantitative estimate of drug-likeness (QED) is 0.588. The first-order chi connectivity index (χ1) is 7.16. The summed E-state index contributed by atoms with van der Waals surface area (Å²) < 4.78 is 0. The minimum absolute atomic E-state index is 0.0343. The van der Waals surface area contributed by atoms with Gasteiger partial charge in [0.25, 0.3) is 0 Å². The van der Waals surface area contributed by atoms with Crippen LogP contribution in [0.25, 0.3) is 0 Å². The minimum Gasteiger partial charge on any atom is -0.355 e. The van der Waals surface area contributed by atoms with E-state index in [4.69, 9.17) is 5.73 Å². The molecule has 0 saturated carbocycles. The molecule has 2 aliphatic rings. The third kappa shape index (κ3) is 2.28. The van der Waals surface area contributed by atoms with E-state index in [1.165, 1.54) is 0 Å². The zero-order valence-corrected chi connectivity index (χ0v) is 8.74. The van der Waals surface area contributed by atoms with Gasteiger partial charge in [-0.15, -0.1) is 0 Å². The second kappa shape index (κ2) is 4.18. The second-order valence-electron chi connectivity index (χ2n) is 4.37. The van der Waals surface area contributed by atoms with Gasteiger partial charge in [-0.2, -0.15) is 0 Å². The van der Waals surface area contributed by atoms with Crippen molar-refractivity contribution in [2.45, 2.75) is 25.3 Å². The molecule has 15 heavy (non-hydrogen) atoms. The SMILES string of the molecule is N[C@H]1CCN(C(=O)C2CCC(=O)NC2)C1. The summed E-state index contributed by atoms with van der Waals surface area (Å²) in [5.41, 5.74) is 5.75. The topological polar surface area (TPSA) is 75.4 Å². The highest BCUT2D eigenvalue weighted by Gasteiger charge is 2.31. The van der Waals surface area contributed by atoms with E-state index < -0.39 is 0 Å². The molecule has 3 N–H and O–H groups in total. The van der Waals surface area contributed by atoms with E-state index in [0.717, 1.165) is 13.0 Å². The first-order valence-corrected chi connectivity index (χ1v) is 5.48. The lowest BCUT2D eigenvalue weighted by Gasteiger charge is -2.26. The Balaban J connectivity index is 1.88. The molecule has 2 rings (SSSR count). The summed E-state index contributed by atoms with van der Waals surface area (Å²) in [6.45, 7) is 1.93. The van der Waals surface area contributed by atoms with Crippen LogP contribution in [0.15, 0.2) is 0 Å². The van der Waals surface area contributed by atoms with Gasteiger partial charge in [-0.25, -0.2) is 0 Å². The van der Waals surface area contributed by atoms with E-state index in [0.29, 0.717) is 25.9 Å². The monoisotopic (exact) mass is 211 g/mol. The normalized spacial score (nSPS) is 31.5. The van der Waals surface area contributed by atoms with Crippen LogP contribution in [0.4, 0.5) is 0 Å². The fourth-order valence-electron chi connectivity index (χ4n) is 2.19. The zero-order chi connectivity index (χ0) is 10.8. The molecule has 2 amide bonds. The van der Waals surface area contributed by atoms with E-state index in [1.807, 2.05) is 4.90 Å². The first-order valence-electron chi connectivity index (χ1n) is 5.48. The molecule has 84 valence electrons. The van der Waals surface area contributed by atoms with Crippen molar-refractivity contribution in [1.29, 1.82) is 0 Å². The van der Waals surface area contributed by atoms with Gasteiger partial charge in [0, 0.05) is 32.1 Å². The van der Waals surface area contributed by atoms with Crippen LogP contribution < -0.4 is 11.1 Å². The maximum absolute atomic E-state index is 12.0. The highest BCUT2D eigenvalue weighted by molar-refractivity contribution is 5.83. The molecule has 2 heterocycles. The number of nitrogens with two attached hydrogens (primary N) is 1. The lowest BCUT2D eigenvalue weighted by molar-refractivity contribution is -0.136. The largest absolute Gasteiger partial charge is 0.355 e. The van der Waals surface area contributed by atoms with Crippen molar-refractivity contribution >= 4 is 11.8 Å². The molecule has 2 aliphatic heterocycles. The van der Waals surface area contributed by atoms with Crippen LogP contribution in [0.3, 0.4) is 0 Å². The summed E-state index contributed by atoms with van der Waals surface area (Å²) in [6.07, 6.45) is 2.04. The van der Waals surface area contributed by atoms with Crippen LogP contribution in [0.1, 0.15) is 19.3 Å². The van der Waals surface area contributed by atoms with Crippen molar-refractivity contribution in [3.63, 3.8) is 0 Å². The average Bonchev–Trinajstić information content (AvgIpc) is 2.65. The number of carbonyl (C=O) groups excluding carboxylic acids is 2. The van der Waals surface area contributed by atoms with Crippen molar-refractivity contribution in [2.24, 2.45) is 11.7 Å². The molecule has 2 fully saturated rings. The summed E-state index contributed by atoms with van der Waals surface area (Å²) in [4.78, 5) is 24.7. The fourth-order valence-corrected chi connectivity index (χ4v) is 2.19. The number of carbonyl (C=O) groups is 2. The van der Waals surface area contributed by atoms with Crippen molar-refractivity contribution in [1.82, 2.24) is 10.2 Å². The number of piperidine rings is 1. The molecule has 0 aromatic rings. The van der Waals surface area contributed by atoms with Crippen molar-refractivity contribution in [3.05, 3.63) is 0 Å². The third-order valence-corrected chi connectivity index (χ3v) is 3.15. The molecule has 5 heteroatoms. The Morgan fingerprint density at radius 2 is 2.27 bits per heavy atom. The summed E-state index contributed by atoms with van der Waals surface area (Å²) in [6, 6.07) is 0.132. The Morgan fingerprint density at radius 1 is 1.47 bits per heavy atom. The average molecular weight is 211 g/mol. The van der Waals surface area contributed by atoms with Gasteiger partial charge < -0.3 is 16.0 Å². The summed E-state index contributed by atoms with van der Waals surface area (Å²) in [7, 11) is 0. The molecule has 0 bridgehead atoms.